The van der Waals surface area contributed by atoms with Crippen LogP contribution in [0.4, 0.5) is 0 Å². The number of aryl methyl sites for hydroxylation is 1. The van der Waals surface area contributed by atoms with Crippen LogP contribution in [0.1, 0.15) is 24.9 Å². The topological polar surface area (TPSA) is 55.2 Å². The van der Waals surface area contributed by atoms with Gasteiger partial charge in [-0.2, -0.15) is 0 Å². The molecule has 0 aliphatic rings. The number of aromatic nitrogens is 2. The summed E-state index contributed by atoms with van der Waals surface area (Å²) in [5.41, 5.74) is 1.50. The van der Waals surface area contributed by atoms with Crippen LogP contribution in [0.3, 0.4) is 0 Å². The summed E-state index contributed by atoms with van der Waals surface area (Å²) in [6.45, 7) is 2.25. The van der Waals surface area contributed by atoms with E-state index in [0.29, 0.717) is 22.5 Å². The Morgan fingerprint density at radius 3 is 2.77 bits per heavy atom. The van der Waals surface area contributed by atoms with Crippen molar-refractivity contribution in [2.45, 2.75) is 25.9 Å². The number of hydrogen-bond acceptors (Lipinski definition) is 3. The summed E-state index contributed by atoms with van der Waals surface area (Å²) in [5.74, 6) is -0.0439. The number of benzene rings is 2. The second kappa shape index (κ2) is 7.70. The van der Waals surface area contributed by atoms with E-state index >= 15 is 0 Å². The first kappa shape index (κ1) is 18.1. The van der Waals surface area contributed by atoms with Crippen LogP contribution in [-0.2, 0) is 11.3 Å². The maximum atomic E-state index is 12.5. The molecular weight excluding hydrogens is 350 g/mol. The molecule has 0 spiro atoms. The van der Waals surface area contributed by atoms with E-state index in [-0.39, 0.29) is 23.9 Å². The van der Waals surface area contributed by atoms with Crippen LogP contribution < -0.4 is 5.56 Å². The zero-order chi connectivity index (χ0) is 18.7. The van der Waals surface area contributed by atoms with Crippen molar-refractivity contribution in [2.75, 3.05) is 7.05 Å². The van der Waals surface area contributed by atoms with Crippen molar-refractivity contribution in [3.63, 3.8) is 0 Å². The van der Waals surface area contributed by atoms with E-state index in [1.807, 2.05) is 31.2 Å². The fraction of sp³-hybridized carbons (Fsp3) is 0.250. The van der Waals surface area contributed by atoms with Crippen LogP contribution in [0.5, 0.6) is 0 Å². The molecular formula is C20H20ClN3O2. The highest BCUT2D eigenvalue weighted by Crippen LogP contribution is 2.22. The normalized spacial score (nSPS) is 12.1. The van der Waals surface area contributed by atoms with Gasteiger partial charge in [0.1, 0.15) is 0 Å². The molecule has 0 saturated heterocycles. The molecule has 6 heteroatoms. The van der Waals surface area contributed by atoms with E-state index in [2.05, 4.69) is 4.98 Å². The van der Waals surface area contributed by atoms with Crippen LogP contribution in [0, 0.1) is 0 Å². The first-order valence-corrected chi connectivity index (χ1v) is 8.80. The monoisotopic (exact) mass is 369 g/mol. The molecule has 134 valence electrons. The molecule has 0 radical (unpaired) electrons. The highest BCUT2D eigenvalue weighted by molar-refractivity contribution is 6.30. The fourth-order valence-electron chi connectivity index (χ4n) is 2.86. The molecule has 5 nitrogen and oxygen atoms in total. The third-order valence-electron chi connectivity index (χ3n) is 4.60. The molecule has 0 N–H and O–H groups in total. The van der Waals surface area contributed by atoms with Crippen molar-refractivity contribution >= 4 is 28.4 Å². The predicted octanol–water partition coefficient (Wildman–Crippen LogP) is 3.66. The zero-order valence-electron chi connectivity index (χ0n) is 14.7. The van der Waals surface area contributed by atoms with Gasteiger partial charge in [-0.15, -0.1) is 0 Å². The van der Waals surface area contributed by atoms with Gasteiger partial charge in [-0.05, 0) is 36.8 Å². The van der Waals surface area contributed by atoms with Gasteiger partial charge >= 0.3 is 0 Å². The summed E-state index contributed by atoms with van der Waals surface area (Å²) in [7, 11) is 1.76. The van der Waals surface area contributed by atoms with Crippen molar-refractivity contribution < 1.29 is 4.79 Å². The van der Waals surface area contributed by atoms with Gasteiger partial charge in [0, 0.05) is 25.0 Å². The second-order valence-corrected chi connectivity index (χ2v) is 6.68. The van der Waals surface area contributed by atoms with E-state index in [9.17, 15) is 9.59 Å². The molecule has 0 aliphatic heterocycles. The summed E-state index contributed by atoms with van der Waals surface area (Å²) < 4.78 is 1.48. The maximum Gasteiger partial charge on any atom is 0.261 e. The molecule has 1 heterocycles. The molecule has 1 unspecified atom stereocenters. The van der Waals surface area contributed by atoms with Gasteiger partial charge in [0.05, 0.1) is 23.3 Å². The van der Waals surface area contributed by atoms with Gasteiger partial charge in [-0.3, -0.25) is 14.2 Å². The van der Waals surface area contributed by atoms with Crippen LogP contribution in [-0.4, -0.2) is 27.4 Å². The summed E-state index contributed by atoms with van der Waals surface area (Å²) >= 11 is 6.03. The number of carbonyl (C=O) groups is 1. The lowest BCUT2D eigenvalue weighted by atomic mass is 10.1. The van der Waals surface area contributed by atoms with Crippen LogP contribution in [0.15, 0.2) is 59.7 Å². The molecule has 3 rings (SSSR count). The number of para-hydroxylation sites is 1. The number of carbonyl (C=O) groups excluding carboxylic acids is 1. The van der Waals surface area contributed by atoms with Gasteiger partial charge in [0.2, 0.25) is 5.91 Å². The number of hydrogen-bond donors (Lipinski definition) is 0. The molecule has 0 fully saturated rings. The van der Waals surface area contributed by atoms with E-state index in [0.717, 1.165) is 5.56 Å². The number of rotatable bonds is 5. The van der Waals surface area contributed by atoms with E-state index < -0.39 is 0 Å². The summed E-state index contributed by atoms with van der Waals surface area (Å²) in [6, 6.07) is 14.6. The highest BCUT2D eigenvalue weighted by Gasteiger charge is 2.17. The zero-order valence-corrected chi connectivity index (χ0v) is 15.5. The molecule has 1 atom stereocenters. The Balaban J connectivity index is 1.70. The van der Waals surface area contributed by atoms with E-state index in [4.69, 9.17) is 11.6 Å². The second-order valence-electron chi connectivity index (χ2n) is 6.25. The molecule has 3 aromatic rings. The van der Waals surface area contributed by atoms with Gasteiger partial charge in [-0.25, -0.2) is 4.98 Å². The number of halogens is 1. The Bertz CT molecular complexity index is 1000. The Morgan fingerprint density at radius 2 is 2.00 bits per heavy atom. The maximum absolute atomic E-state index is 12.5. The lowest BCUT2D eigenvalue weighted by Crippen LogP contribution is -2.31. The van der Waals surface area contributed by atoms with Crippen molar-refractivity contribution in [3.05, 3.63) is 75.8 Å². The van der Waals surface area contributed by atoms with E-state index in [1.54, 1.807) is 36.2 Å². The Hall–Kier alpha value is -2.66. The average molecular weight is 370 g/mol. The van der Waals surface area contributed by atoms with Crippen LogP contribution in [0.25, 0.3) is 10.9 Å². The minimum atomic E-state index is -0.131. The molecule has 2 aromatic carbocycles. The quantitative estimate of drug-likeness (QED) is 0.689. The Kier molecular flexibility index (Phi) is 5.38. The Labute approximate surface area is 156 Å². The average Bonchev–Trinajstić information content (AvgIpc) is 2.66. The summed E-state index contributed by atoms with van der Waals surface area (Å²) in [6.07, 6.45) is 1.72. The Morgan fingerprint density at radius 1 is 1.23 bits per heavy atom. The standard InChI is InChI=1S/C20H20ClN3O2/c1-14(15-6-5-7-16(21)12-15)23(2)19(25)10-11-24-13-22-18-9-4-3-8-17(18)20(24)26/h3-9,12-14H,10-11H2,1-2H3. The minimum Gasteiger partial charge on any atom is -0.339 e. The number of amides is 1. The lowest BCUT2D eigenvalue weighted by Gasteiger charge is -2.25. The highest BCUT2D eigenvalue weighted by atomic mass is 35.5. The minimum absolute atomic E-state index is 0.0439. The van der Waals surface area contributed by atoms with Crippen LogP contribution in [0.2, 0.25) is 5.02 Å². The van der Waals surface area contributed by atoms with Gasteiger partial charge in [0.15, 0.2) is 0 Å². The first-order chi connectivity index (χ1) is 12.5. The molecule has 0 saturated carbocycles. The van der Waals surface area contributed by atoms with Crippen molar-refractivity contribution in [1.29, 1.82) is 0 Å². The van der Waals surface area contributed by atoms with Crippen molar-refractivity contribution in [3.8, 4) is 0 Å². The molecule has 0 bridgehead atoms. The van der Waals surface area contributed by atoms with Crippen LogP contribution >= 0.6 is 11.6 Å². The van der Waals surface area contributed by atoms with Crippen molar-refractivity contribution in [2.24, 2.45) is 0 Å². The molecule has 1 aromatic heterocycles. The fourth-order valence-corrected chi connectivity index (χ4v) is 3.06. The third-order valence-corrected chi connectivity index (χ3v) is 4.84. The van der Waals surface area contributed by atoms with Crippen molar-refractivity contribution in [1.82, 2.24) is 14.5 Å². The van der Waals surface area contributed by atoms with Gasteiger partial charge < -0.3 is 4.90 Å². The summed E-state index contributed by atoms with van der Waals surface area (Å²) in [4.78, 5) is 31.0. The largest absolute Gasteiger partial charge is 0.339 e. The first-order valence-electron chi connectivity index (χ1n) is 8.42. The summed E-state index contributed by atoms with van der Waals surface area (Å²) in [5, 5.41) is 1.20. The molecule has 26 heavy (non-hydrogen) atoms. The third kappa shape index (κ3) is 3.78. The number of fused-ring (bicyclic) bond motifs is 1. The number of nitrogens with zero attached hydrogens (tertiary/aromatic N) is 3. The van der Waals surface area contributed by atoms with E-state index in [1.165, 1.54) is 10.9 Å². The predicted molar refractivity (Wildman–Crippen MR) is 103 cm³/mol. The lowest BCUT2D eigenvalue weighted by molar-refractivity contribution is -0.132. The van der Waals surface area contributed by atoms with Gasteiger partial charge in [-0.1, -0.05) is 35.9 Å². The molecule has 0 aliphatic carbocycles. The smallest absolute Gasteiger partial charge is 0.261 e. The van der Waals surface area contributed by atoms with Gasteiger partial charge in [0.25, 0.3) is 5.56 Å². The SMILES string of the molecule is CC(c1cccc(Cl)c1)N(C)C(=O)CCn1cnc2ccccc2c1=O. The molecule has 1 amide bonds.